The Hall–Kier alpha value is -0.580. The van der Waals surface area contributed by atoms with Gasteiger partial charge in [-0.05, 0) is 44.0 Å². The average Bonchev–Trinajstić information content (AvgIpc) is 2.86. The summed E-state index contributed by atoms with van der Waals surface area (Å²) in [6.07, 6.45) is 3.60. The van der Waals surface area contributed by atoms with Crippen molar-refractivity contribution in [2.24, 2.45) is 0 Å². The molecule has 1 saturated heterocycles. The van der Waals surface area contributed by atoms with E-state index in [0.29, 0.717) is 11.9 Å². The molecule has 1 aromatic heterocycles. The van der Waals surface area contributed by atoms with Gasteiger partial charge >= 0.3 is 0 Å². The first-order valence-corrected chi connectivity index (χ1v) is 9.00. The van der Waals surface area contributed by atoms with E-state index in [4.69, 9.17) is 16.6 Å². The number of nitrogens with zero attached hydrogens (tertiary/aromatic N) is 3. The molecule has 0 unspecified atom stereocenters. The molecule has 0 bridgehead atoms. The summed E-state index contributed by atoms with van der Waals surface area (Å²) < 4.78 is 3.47. The lowest BCUT2D eigenvalue weighted by Gasteiger charge is -2.33. The van der Waals surface area contributed by atoms with Crippen LogP contribution in [0.2, 0.25) is 0 Å². The maximum absolute atomic E-state index is 6.14. The van der Waals surface area contributed by atoms with Gasteiger partial charge in [-0.3, -0.25) is 0 Å². The first-order valence-electron chi connectivity index (χ1n) is 7.67. The van der Waals surface area contributed by atoms with Gasteiger partial charge in [-0.2, -0.15) is 0 Å². The lowest BCUT2D eigenvalue weighted by molar-refractivity contribution is 0.187. The van der Waals surface area contributed by atoms with Gasteiger partial charge in [0.05, 0.1) is 16.9 Å². The lowest BCUT2D eigenvalue weighted by Crippen LogP contribution is -2.35. The Labute approximate surface area is 139 Å². The van der Waals surface area contributed by atoms with E-state index < -0.39 is 0 Å². The van der Waals surface area contributed by atoms with E-state index in [1.807, 2.05) is 6.07 Å². The van der Waals surface area contributed by atoms with Gasteiger partial charge in [-0.1, -0.05) is 22.9 Å². The summed E-state index contributed by atoms with van der Waals surface area (Å²) in [6.45, 7) is 5.81. The third kappa shape index (κ3) is 3.13. The van der Waals surface area contributed by atoms with Crippen molar-refractivity contribution in [2.45, 2.75) is 38.1 Å². The molecule has 1 aliphatic heterocycles. The fourth-order valence-electron chi connectivity index (χ4n) is 3.34. The molecule has 0 N–H and O–H groups in total. The van der Waals surface area contributed by atoms with Crippen molar-refractivity contribution in [2.75, 3.05) is 19.6 Å². The van der Waals surface area contributed by atoms with Crippen molar-refractivity contribution in [3.05, 3.63) is 28.5 Å². The van der Waals surface area contributed by atoms with Gasteiger partial charge in [0.15, 0.2) is 0 Å². The highest BCUT2D eigenvalue weighted by Gasteiger charge is 2.23. The molecule has 21 heavy (non-hydrogen) atoms. The van der Waals surface area contributed by atoms with E-state index in [9.17, 15) is 0 Å². The molecule has 2 heterocycles. The summed E-state index contributed by atoms with van der Waals surface area (Å²) in [6, 6.07) is 6.79. The Morgan fingerprint density at radius 3 is 2.76 bits per heavy atom. The van der Waals surface area contributed by atoms with Crippen LogP contribution in [0, 0.1) is 0 Å². The second kappa shape index (κ2) is 6.67. The molecule has 0 spiro atoms. The molecule has 5 heteroatoms. The molecule has 2 aromatic rings. The van der Waals surface area contributed by atoms with Gasteiger partial charge in [0.2, 0.25) is 0 Å². The van der Waals surface area contributed by atoms with E-state index in [2.05, 4.69) is 44.5 Å². The van der Waals surface area contributed by atoms with Gasteiger partial charge in [-0.15, -0.1) is 11.6 Å². The summed E-state index contributed by atoms with van der Waals surface area (Å²) in [4.78, 5) is 7.26. The zero-order valence-electron chi connectivity index (χ0n) is 12.4. The number of likely N-dealkylation sites (tertiary alicyclic amines) is 1. The number of aromatic nitrogens is 2. The average molecular weight is 371 g/mol. The highest BCUT2D eigenvalue weighted by molar-refractivity contribution is 9.10. The van der Waals surface area contributed by atoms with Gasteiger partial charge in [0.25, 0.3) is 0 Å². The van der Waals surface area contributed by atoms with Crippen LogP contribution < -0.4 is 0 Å². The van der Waals surface area contributed by atoms with E-state index in [-0.39, 0.29) is 0 Å². The highest BCUT2D eigenvalue weighted by atomic mass is 79.9. The van der Waals surface area contributed by atoms with E-state index in [1.165, 1.54) is 44.4 Å². The Morgan fingerprint density at radius 2 is 2.10 bits per heavy atom. The molecule has 0 atom stereocenters. The summed E-state index contributed by atoms with van der Waals surface area (Å²) >= 11 is 9.71. The predicted octanol–water partition coefficient (Wildman–Crippen LogP) is 4.58. The highest BCUT2D eigenvalue weighted by Crippen LogP contribution is 2.30. The van der Waals surface area contributed by atoms with Crippen molar-refractivity contribution in [3.63, 3.8) is 0 Å². The first-order chi connectivity index (χ1) is 10.2. The minimum Gasteiger partial charge on any atom is -0.324 e. The zero-order chi connectivity index (χ0) is 14.8. The van der Waals surface area contributed by atoms with Gasteiger partial charge in [-0.25, -0.2) is 4.98 Å². The van der Waals surface area contributed by atoms with Crippen LogP contribution in [0.1, 0.15) is 38.1 Å². The molecule has 0 radical (unpaired) electrons. The normalized spacial score (nSPS) is 17.7. The van der Waals surface area contributed by atoms with Crippen molar-refractivity contribution in [1.82, 2.24) is 14.5 Å². The number of rotatable bonds is 4. The first kappa shape index (κ1) is 15.3. The Bertz CT molecular complexity index is 617. The summed E-state index contributed by atoms with van der Waals surface area (Å²) in [5.74, 6) is 1.47. The van der Waals surface area contributed by atoms with Crippen molar-refractivity contribution in [1.29, 1.82) is 0 Å². The van der Waals surface area contributed by atoms with Crippen molar-refractivity contribution < 1.29 is 0 Å². The number of imidazole rings is 1. The fourth-order valence-corrected chi connectivity index (χ4v) is 3.87. The second-order valence-corrected chi connectivity index (χ2v) is 6.92. The number of piperidine rings is 1. The number of fused-ring (bicyclic) bond motifs is 1. The molecule has 0 saturated carbocycles. The minimum absolute atomic E-state index is 0.474. The fraction of sp³-hybridized carbons (Fsp3) is 0.562. The smallest absolute Gasteiger partial charge is 0.125 e. The Balaban J connectivity index is 1.91. The summed E-state index contributed by atoms with van der Waals surface area (Å²) in [7, 11) is 0. The number of hydrogen-bond acceptors (Lipinski definition) is 2. The van der Waals surface area contributed by atoms with Crippen LogP contribution >= 0.6 is 27.5 Å². The monoisotopic (exact) mass is 369 g/mol. The van der Waals surface area contributed by atoms with Crippen LogP contribution in [-0.2, 0) is 5.88 Å². The second-order valence-electron chi connectivity index (χ2n) is 5.74. The number of halogens is 2. The zero-order valence-corrected chi connectivity index (χ0v) is 14.7. The molecule has 3 nitrogen and oxygen atoms in total. The number of hydrogen-bond donors (Lipinski definition) is 0. The summed E-state index contributed by atoms with van der Waals surface area (Å²) in [5.41, 5.74) is 2.25. The summed E-state index contributed by atoms with van der Waals surface area (Å²) in [5, 5.41) is 0. The standard InChI is InChI=1S/C16H21BrClN3/c1-2-7-20-8-5-13(6-9-20)21-15-10-12(17)3-4-14(15)19-16(21)11-18/h3-4,10,13H,2,5-9,11H2,1H3. The van der Waals surface area contributed by atoms with Gasteiger partial charge in [0.1, 0.15) is 5.82 Å². The molecule has 114 valence electrons. The molecule has 3 rings (SSSR count). The third-order valence-electron chi connectivity index (χ3n) is 4.31. The van der Waals surface area contributed by atoms with Crippen LogP contribution in [-0.4, -0.2) is 34.1 Å². The van der Waals surface area contributed by atoms with Gasteiger partial charge in [0, 0.05) is 23.6 Å². The topological polar surface area (TPSA) is 21.1 Å². The van der Waals surface area contributed by atoms with E-state index in [0.717, 1.165) is 15.8 Å². The molecular weight excluding hydrogens is 350 g/mol. The van der Waals surface area contributed by atoms with E-state index >= 15 is 0 Å². The Morgan fingerprint density at radius 1 is 1.33 bits per heavy atom. The van der Waals surface area contributed by atoms with E-state index in [1.54, 1.807) is 0 Å². The Kier molecular flexibility index (Phi) is 4.87. The molecule has 1 aliphatic rings. The SMILES string of the molecule is CCCN1CCC(n2c(CCl)nc3ccc(Br)cc32)CC1. The van der Waals surface area contributed by atoms with Crippen LogP contribution in [0.3, 0.4) is 0 Å². The molecule has 1 fully saturated rings. The van der Waals surface area contributed by atoms with Crippen LogP contribution in [0.4, 0.5) is 0 Å². The van der Waals surface area contributed by atoms with Crippen molar-refractivity contribution >= 4 is 38.6 Å². The van der Waals surface area contributed by atoms with Crippen LogP contribution in [0.5, 0.6) is 0 Å². The van der Waals surface area contributed by atoms with Crippen LogP contribution in [0.25, 0.3) is 11.0 Å². The molecule has 1 aromatic carbocycles. The quantitative estimate of drug-likeness (QED) is 0.734. The maximum Gasteiger partial charge on any atom is 0.125 e. The number of alkyl halides is 1. The predicted molar refractivity (Wildman–Crippen MR) is 92.0 cm³/mol. The minimum atomic E-state index is 0.474. The molecule has 0 amide bonds. The largest absolute Gasteiger partial charge is 0.324 e. The molecular formula is C16H21BrClN3. The number of benzene rings is 1. The van der Waals surface area contributed by atoms with Crippen molar-refractivity contribution in [3.8, 4) is 0 Å². The third-order valence-corrected chi connectivity index (χ3v) is 5.04. The molecule has 0 aliphatic carbocycles. The lowest BCUT2D eigenvalue weighted by atomic mass is 10.0. The maximum atomic E-state index is 6.14. The van der Waals surface area contributed by atoms with Gasteiger partial charge < -0.3 is 9.47 Å². The van der Waals surface area contributed by atoms with Crippen LogP contribution in [0.15, 0.2) is 22.7 Å².